The Kier molecular flexibility index (Phi) is 5.42. The van der Waals surface area contributed by atoms with Crippen LogP contribution in [0, 0.1) is 0 Å². The van der Waals surface area contributed by atoms with Crippen LogP contribution < -0.4 is 4.90 Å². The van der Waals surface area contributed by atoms with Gasteiger partial charge in [0, 0.05) is 16.1 Å². The van der Waals surface area contributed by atoms with E-state index in [2.05, 4.69) is 66.5 Å². The van der Waals surface area contributed by atoms with Gasteiger partial charge in [-0.25, -0.2) is 0 Å². The van der Waals surface area contributed by atoms with E-state index in [1.165, 1.54) is 21.9 Å². The summed E-state index contributed by atoms with van der Waals surface area (Å²) in [6, 6.07) is 23.2. The molecule has 27 heavy (non-hydrogen) atoms. The number of nitrogens with one attached hydrogen (secondary N) is 1. The van der Waals surface area contributed by atoms with Crippen molar-refractivity contribution in [1.82, 2.24) is 5.01 Å². The molecule has 0 aliphatic carbocycles. The van der Waals surface area contributed by atoms with E-state index in [9.17, 15) is 0 Å². The molecule has 1 heterocycles. The first kappa shape index (κ1) is 18.0. The first-order valence-electron chi connectivity index (χ1n) is 9.55. The lowest BCUT2D eigenvalue weighted by Crippen LogP contribution is -3.13. The minimum atomic E-state index is 0.803. The lowest BCUT2D eigenvalue weighted by molar-refractivity contribution is -0.918. The van der Waals surface area contributed by atoms with Crippen LogP contribution in [-0.2, 0) is 6.54 Å². The fourth-order valence-corrected chi connectivity index (χ4v) is 3.91. The number of halogens is 1. The second-order valence-electron chi connectivity index (χ2n) is 7.22. The van der Waals surface area contributed by atoms with Crippen LogP contribution in [0.2, 0.25) is 5.02 Å². The van der Waals surface area contributed by atoms with E-state index in [0.717, 1.165) is 43.5 Å². The summed E-state index contributed by atoms with van der Waals surface area (Å²) in [4.78, 5) is 1.60. The van der Waals surface area contributed by atoms with Gasteiger partial charge in [-0.15, -0.1) is 0 Å². The van der Waals surface area contributed by atoms with Crippen molar-refractivity contribution in [2.45, 2.75) is 13.5 Å². The van der Waals surface area contributed by atoms with Gasteiger partial charge in [0.2, 0.25) is 0 Å². The van der Waals surface area contributed by atoms with Crippen molar-refractivity contribution in [1.29, 1.82) is 0 Å². The number of hydrazone groups is 1. The molecule has 3 aromatic rings. The van der Waals surface area contributed by atoms with Crippen LogP contribution in [0.15, 0.2) is 71.8 Å². The number of nitrogens with zero attached hydrogens (tertiary/aromatic N) is 2. The van der Waals surface area contributed by atoms with Crippen LogP contribution >= 0.6 is 11.6 Å². The number of hydrogen-bond donors (Lipinski definition) is 1. The van der Waals surface area contributed by atoms with Crippen molar-refractivity contribution >= 4 is 28.1 Å². The van der Waals surface area contributed by atoms with Gasteiger partial charge >= 0.3 is 0 Å². The van der Waals surface area contributed by atoms with Crippen molar-refractivity contribution in [3.05, 3.63) is 82.9 Å². The molecule has 0 amide bonds. The predicted molar refractivity (Wildman–Crippen MR) is 114 cm³/mol. The van der Waals surface area contributed by atoms with Crippen molar-refractivity contribution in [3.63, 3.8) is 0 Å². The highest BCUT2D eigenvalue weighted by molar-refractivity contribution is 6.30. The van der Waals surface area contributed by atoms with E-state index in [4.69, 9.17) is 16.7 Å². The SMILES string of the molecule is C/C(=N/N1CC[NH+](Cc2ccc(Cl)cc2)CC1)c1cccc2ccccc12. The average Bonchev–Trinajstić information content (AvgIpc) is 2.71. The number of rotatable bonds is 4. The van der Waals surface area contributed by atoms with Gasteiger partial charge in [-0.2, -0.15) is 5.10 Å². The van der Waals surface area contributed by atoms with E-state index in [-0.39, 0.29) is 0 Å². The maximum atomic E-state index is 5.98. The van der Waals surface area contributed by atoms with Crippen molar-refractivity contribution in [2.75, 3.05) is 26.2 Å². The summed E-state index contributed by atoms with van der Waals surface area (Å²) < 4.78 is 0. The Bertz CT molecular complexity index is 936. The third-order valence-corrected chi connectivity index (χ3v) is 5.54. The molecule has 4 rings (SSSR count). The van der Waals surface area contributed by atoms with Crippen LogP contribution in [0.5, 0.6) is 0 Å². The Morgan fingerprint density at radius 3 is 2.44 bits per heavy atom. The van der Waals surface area contributed by atoms with Crippen molar-refractivity contribution in [2.24, 2.45) is 5.10 Å². The summed E-state index contributed by atoms with van der Waals surface area (Å²) in [5.74, 6) is 0. The highest BCUT2D eigenvalue weighted by Gasteiger charge is 2.19. The Labute approximate surface area is 165 Å². The molecule has 1 fully saturated rings. The Morgan fingerprint density at radius 2 is 1.67 bits per heavy atom. The highest BCUT2D eigenvalue weighted by Crippen LogP contribution is 2.19. The quantitative estimate of drug-likeness (QED) is 0.687. The summed E-state index contributed by atoms with van der Waals surface area (Å²) in [7, 11) is 0. The normalized spacial score (nSPS) is 16.1. The maximum Gasteiger partial charge on any atom is 0.103 e. The second-order valence-corrected chi connectivity index (χ2v) is 7.66. The summed E-state index contributed by atoms with van der Waals surface area (Å²) in [6.45, 7) is 7.37. The van der Waals surface area contributed by atoms with E-state index in [1.54, 1.807) is 4.90 Å². The molecular weight excluding hydrogens is 354 g/mol. The third kappa shape index (κ3) is 4.32. The zero-order valence-electron chi connectivity index (χ0n) is 15.7. The van der Waals surface area contributed by atoms with Gasteiger partial charge in [-0.1, -0.05) is 66.2 Å². The Hall–Kier alpha value is -2.36. The van der Waals surface area contributed by atoms with Gasteiger partial charge < -0.3 is 4.90 Å². The lowest BCUT2D eigenvalue weighted by Gasteiger charge is -2.31. The van der Waals surface area contributed by atoms with Crippen LogP contribution in [0.3, 0.4) is 0 Å². The zero-order valence-corrected chi connectivity index (χ0v) is 16.4. The molecule has 1 aliphatic heterocycles. The van der Waals surface area contributed by atoms with Crippen LogP contribution in [-0.4, -0.2) is 36.9 Å². The van der Waals surface area contributed by atoms with Gasteiger partial charge in [0.25, 0.3) is 0 Å². The van der Waals surface area contributed by atoms with Gasteiger partial charge in [0.05, 0.1) is 31.9 Å². The molecule has 1 aliphatic rings. The van der Waals surface area contributed by atoms with Gasteiger partial charge in [-0.3, -0.25) is 5.01 Å². The predicted octanol–water partition coefficient (Wildman–Crippen LogP) is 3.62. The molecule has 4 heteroatoms. The molecule has 0 saturated carbocycles. The van der Waals surface area contributed by atoms with Gasteiger partial charge in [0.1, 0.15) is 6.54 Å². The van der Waals surface area contributed by atoms with Crippen molar-refractivity contribution < 1.29 is 4.90 Å². The molecule has 0 spiro atoms. The van der Waals surface area contributed by atoms with E-state index >= 15 is 0 Å². The molecule has 3 aromatic carbocycles. The summed E-state index contributed by atoms with van der Waals surface area (Å²) in [5, 5.41) is 10.5. The molecule has 3 nitrogen and oxygen atoms in total. The maximum absolute atomic E-state index is 5.98. The molecule has 138 valence electrons. The first-order valence-corrected chi connectivity index (χ1v) is 9.93. The average molecular weight is 379 g/mol. The van der Waals surface area contributed by atoms with Gasteiger partial charge in [0.15, 0.2) is 0 Å². The van der Waals surface area contributed by atoms with Crippen LogP contribution in [0.25, 0.3) is 10.8 Å². The topological polar surface area (TPSA) is 20.0 Å². The minimum Gasteiger partial charge on any atom is -0.328 e. The number of quaternary nitrogens is 1. The molecule has 0 aromatic heterocycles. The minimum absolute atomic E-state index is 0.803. The standard InChI is InChI=1S/C23H24ClN3/c1-18(22-8-4-6-20-5-2-3-7-23(20)22)25-27-15-13-26(14-16-27)17-19-9-11-21(24)12-10-19/h2-12H,13-17H2,1H3/p+1/b25-18-. The Morgan fingerprint density at radius 1 is 0.963 bits per heavy atom. The third-order valence-electron chi connectivity index (χ3n) is 5.29. The van der Waals surface area contributed by atoms with E-state index in [1.807, 2.05) is 12.1 Å². The largest absolute Gasteiger partial charge is 0.328 e. The molecule has 0 bridgehead atoms. The number of fused-ring (bicyclic) bond motifs is 1. The number of piperazine rings is 1. The molecule has 1 N–H and O–H groups in total. The monoisotopic (exact) mass is 378 g/mol. The fraction of sp³-hybridized carbons (Fsp3) is 0.261. The molecular formula is C23H25ClN3+. The van der Waals surface area contributed by atoms with Gasteiger partial charge in [-0.05, 0) is 29.8 Å². The van der Waals surface area contributed by atoms with E-state index < -0.39 is 0 Å². The number of benzene rings is 3. The highest BCUT2D eigenvalue weighted by atomic mass is 35.5. The lowest BCUT2D eigenvalue weighted by atomic mass is 10.0. The second kappa shape index (κ2) is 8.12. The van der Waals surface area contributed by atoms with Crippen molar-refractivity contribution in [3.8, 4) is 0 Å². The van der Waals surface area contributed by atoms with Crippen LogP contribution in [0.4, 0.5) is 0 Å². The smallest absolute Gasteiger partial charge is 0.103 e. The molecule has 0 atom stereocenters. The molecule has 0 radical (unpaired) electrons. The first-order chi connectivity index (χ1) is 13.2. The summed E-state index contributed by atoms with van der Waals surface area (Å²) in [6.07, 6.45) is 0. The van der Waals surface area contributed by atoms with E-state index in [0.29, 0.717) is 0 Å². The molecule has 0 unspecified atom stereocenters. The fourth-order valence-electron chi connectivity index (χ4n) is 3.79. The summed E-state index contributed by atoms with van der Waals surface area (Å²) in [5.41, 5.74) is 3.66. The molecule has 1 saturated heterocycles. The summed E-state index contributed by atoms with van der Waals surface area (Å²) >= 11 is 5.98. The Balaban J connectivity index is 1.41. The zero-order chi connectivity index (χ0) is 18.6. The number of hydrogen-bond acceptors (Lipinski definition) is 2. The van der Waals surface area contributed by atoms with Crippen LogP contribution in [0.1, 0.15) is 18.1 Å².